The molecule has 0 spiro atoms. The van der Waals surface area contributed by atoms with Crippen LogP contribution >= 0.6 is 0 Å². The lowest BCUT2D eigenvalue weighted by Gasteiger charge is -2.24. The van der Waals surface area contributed by atoms with Gasteiger partial charge in [-0.1, -0.05) is 12.1 Å². The Morgan fingerprint density at radius 2 is 1.97 bits per heavy atom. The molecule has 1 atom stereocenters. The summed E-state index contributed by atoms with van der Waals surface area (Å²) in [5.41, 5.74) is 2.95. The Hall–Kier alpha value is -3.29. The molecule has 1 aliphatic rings. The number of carbonyl (C=O) groups excluding carboxylic acids is 2. The van der Waals surface area contributed by atoms with Crippen molar-refractivity contribution in [1.82, 2.24) is 14.7 Å². The van der Waals surface area contributed by atoms with Gasteiger partial charge in [0.25, 0.3) is 0 Å². The van der Waals surface area contributed by atoms with Crippen LogP contribution in [-0.2, 0) is 19.0 Å². The predicted octanol–water partition coefficient (Wildman–Crippen LogP) is 4.42. The first-order valence-electron chi connectivity index (χ1n) is 11.2. The molecule has 0 N–H and O–H groups in total. The number of carbonyl (C=O) groups is 2. The highest BCUT2D eigenvalue weighted by atomic mass is 16.6. The van der Waals surface area contributed by atoms with E-state index in [0.29, 0.717) is 25.3 Å². The summed E-state index contributed by atoms with van der Waals surface area (Å²) in [7, 11) is 0. The van der Waals surface area contributed by atoms with Crippen LogP contribution in [0.1, 0.15) is 51.1 Å². The van der Waals surface area contributed by atoms with Gasteiger partial charge in [-0.15, -0.1) is 0 Å². The molecule has 1 amide bonds. The average molecular weight is 456 g/mol. The summed E-state index contributed by atoms with van der Waals surface area (Å²) in [6.07, 6.45) is 1.36. The average Bonchev–Trinajstić information content (AvgIpc) is 3.32. The van der Waals surface area contributed by atoms with Gasteiger partial charge in [0.05, 0.1) is 30.6 Å². The van der Waals surface area contributed by atoms with Gasteiger partial charge >= 0.3 is 12.1 Å². The van der Waals surface area contributed by atoms with Crippen molar-refractivity contribution < 1.29 is 23.8 Å². The van der Waals surface area contributed by atoms with Gasteiger partial charge in [-0.05, 0) is 59.7 Å². The molecule has 1 aromatic carbocycles. The van der Waals surface area contributed by atoms with Crippen molar-refractivity contribution in [2.24, 2.45) is 0 Å². The lowest BCUT2D eigenvalue weighted by Crippen LogP contribution is -2.36. The quantitative estimate of drug-likeness (QED) is 0.364. The highest BCUT2D eigenvalue weighted by Crippen LogP contribution is 2.26. The molecule has 3 rings (SSSR count). The van der Waals surface area contributed by atoms with Crippen molar-refractivity contribution >= 4 is 17.8 Å². The molecule has 0 saturated carbocycles. The van der Waals surface area contributed by atoms with E-state index in [2.05, 4.69) is 5.10 Å². The zero-order valence-corrected chi connectivity index (χ0v) is 20.3. The van der Waals surface area contributed by atoms with Crippen molar-refractivity contribution in [2.45, 2.75) is 59.7 Å². The second kappa shape index (κ2) is 10.1. The second-order valence-corrected chi connectivity index (χ2v) is 9.10. The third kappa shape index (κ3) is 6.60. The SMILES string of the molecule is CCOC(=O)C=C(OC1CCN(C(=O)OC(C)(C)C)C1)c1cccc(-n2nc(C)cc2C)c1. The highest BCUT2D eigenvalue weighted by molar-refractivity contribution is 5.90. The summed E-state index contributed by atoms with van der Waals surface area (Å²) in [6.45, 7) is 12.4. The topological polar surface area (TPSA) is 82.9 Å². The van der Waals surface area contributed by atoms with Crippen LogP contribution in [0.25, 0.3) is 11.4 Å². The molecule has 0 bridgehead atoms. The predicted molar refractivity (Wildman–Crippen MR) is 125 cm³/mol. The van der Waals surface area contributed by atoms with Gasteiger partial charge in [0.1, 0.15) is 17.5 Å². The minimum atomic E-state index is -0.561. The Morgan fingerprint density at radius 1 is 1.21 bits per heavy atom. The Morgan fingerprint density at radius 3 is 2.61 bits per heavy atom. The van der Waals surface area contributed by atoms with Crippen LogP contribution < -0.4 is 0 Å². The molecule has 8 heteroatoms. The molecule has 1 unspecified atom stereocenters. The summed E-state index contributed by atoms with van der Waals surface area (Å²) < 4.78 is 18.7. The van der Waals surface area contributed by atoms with E-state index in [4.69, 9.17) is 14.2 Å². The summed E-state index contributed by atoms with van der Waals surface area (Å²) >= 11 is 0. The fourth-order valence-corrected chi connectivity index (χ4v) is 3.65. The number of aromatic nitrogens is 2. The van der Waals surface area contributed by atoms with E-state index in [9.17, 15) is 9.59 Å². The molecule has 2 heterocycles. The number of likely N-dealkylation sites (tertiary alicyclic amines) is 1. The van der Waals surface area contributed by atoms with E-state index in [-0.39, 0.29) is 18.8 Å². The van der Waals surface area contributed by atoms with E-state index in [1.807, 2.05) is 69.6 Å². The molecule has 1 fully saturated rings. The summed E-state index contributed by atoms with van der Waals surface area (Å²) in [6, 6.07) is 9.64. The maximum absolute atomic E-state index is 12.4. The van der Waals surface area contributed by atoms with Crippen LogP contribution in [0.5, 0.6) is 0 Å². The summed E-state index contributed by atoms with van der Waals surface area (Å²) in [5.74, 6) is -0.0844. The maximum Gasteiger partial charge on any atom is 0.410 e. The highest BCUT2D eigenvalue weighted by Gasteiger charge is 2.31. The number of benzene rings is 1. The van der Waals surface area contributed by atoms with Crippen molar-refractivity contribution in [3.63, 3.8) is 0 Å². The normalized spacial score (nSPS) is 16.6. The van der Waals surface area contributed by atoms with Crippen molar-refractivity contribution in [1.29, 1.82) is 0 Å². The second-order valence-electron chi connectivity index (χ2n) is 9.10. The zero-order chi connectivity index (χ0) is 24.2. The number of hydrogen-bond acceptors (Lipinski definition) is 6. The molecule has 0 aliphatic carbocycles. The number of hydrogen-bond donors (Lipinski definition) is 0. The zero-order valence-electron chi connectivity index (χ0n) is 20.3. The first-order chi connectivity index (χ1) is 15.6. The molecule has 1 saturated heterocycles. The Labute approximate surface area is 195 Å². The molecule has 178 valence electrons. The van der Waals surface area contributed by atoms with Crippen molar-refractivity contribution in [3.05, 3.63) is 53.4 Å². The smallest absolute Gasteiger partial charge is 0.410 e. The molecule has 33 heavy (non-hydrogen) atoms. The van der Waals surface area contributed by atoms with E-state index in [1.54, 1.807) is 11.8 Å². The molecule has 8 nitrogen and oxygen atoms in total. The molecule has 1 aromatic heterocycles. The van der Waals surface area contributed by atoms with Gasteiger partial charge in [0.2, 0.25) is 0 Å². The van der Waals surface area contributed by atoms with Crippen LogP contribution in [0.15, 0.2) is 36.4 Å². The standard InChI is InChI=1S/C25H33N3O5/c1-7-31-23(29)15-22(32-21-11-12-27(16-21)24(30)33-25(4,5)6)19-9-8-10-20(14-19)28-18(3)13-17(2)26-28/h8-10,13-15,21H,7,11-12,16H2,1-6H3. The van der Waals surface area contributed by atoms with Gasteiger partial charge in [-0.3, -0.25) is 0 Å². The molecular weight excluding hydrogens is 422 g/mol. The van der Waals surface area contributed by atoms with E-state index < -0.39 is 11.6 Å². The van der Waals surface area contributed by atoms with Crippen LogP contribution in [-0.4, -0.2) is 58.1 Å². The lowest BCUT2D eigenvalue weighted by atomic mass is 10.1. The summed E-state index contributed by atoms with van der Waals surface area (Å²) in [4.78, 5) is 26.3. The van der Waals surface area contributed by atoms with E-state index in [1.165, 1.54) is 6.08 Å². The van der Waals surface area contributed by atoms with Crippen LogP contribution in [0.2, 0.25) is 0 Å². The molecule has 2 aromatic rings. The number of aryl methyl sites for hydroxylation is 2. The minimum Gasteiger partial charge on any atom is -0.488 e. The number of ether oxygens (including phenoxy) is 3. The van der Waals surface area contributed by atoms with Gasteiger partial charge in [0, 0.05) is 24.2 Å². The van der Waals surface area contributed by atoms with Crippen molar-refractivity contribution in [2.75, 3.05) is 19.7 Å². The van der Waals surface area contributed by atoms with Gasteiger partial charge in [-0.2, -0.15) is 5.10 Å². The number of nitrogens with zero attached hydrogens (tertiary/aromatic N) is 3. The maximum atomic E-state index is 12.4. The molecule has 1 aliphatic heterocycles. The molecular formula is C25H33N3O5. The largest absolute Gasteiger partial charge is 0.488 e. The van der Waals surface area contributed by atoms with Crippen molar-refractivity contribution in [3.8, 4) is 5.69 Å². The first kappa shape index (κ1) is 24.4. The monoisotopic (exact) mass is 455 g/mol. The number of esters is 1. The van der Waals surface area contributed by atoms with Crippen LogP contribution in [0, 0.1) is 13.8 Å². The first-order valence-corrected chi connectivity index (χ1v) is 11.2. The fourth-order valence-electron chi connectivity index (χ4n) is 3.65. The third-order valence-corrected chi connectivity index (χ3v) is 5.01. The van der Waals surface area contributed by atoms with Gasteiger partial charge in [0.15, 0.2) is 0 Å². The minimum absolute atomic E-state index is 0.268. The van der Waals surface area contributed by atoms with E-state index >= 15 is 0 Å². The fraction of sp³-hybridized carbons (Fsp3) is 0.480. The van der Waals surface area contributed by atoms with Gasteiger partial charge < -0.3 is 19.1 Å². The molecule has 0 radical (unpaired) electrons. The van der Waals surface area contributed by atoms with Gasteiger partial charge in [-0.25, -0.2) is 14.3 Å². The Bertz CT molecular complexity index is 1030. The third-order valence-electron chi connectivity index (χ3n) is 5.01. The van der Waals surface area contributed by atoms with E-state index in [0.717, 1.165) is 22.6 Å². The number of rotatable bonds is 6. The Balaban J connectivity index is 1.82. The lowest BCUT2D eigenvalue weighted by molar-refractivity contribution is -0.137. The summed E-state index contributed by atoms with van der Waals surface area (Å²) in [5, 5.41) is 4.54. The van der Waals surface area contributed by atoms with Crippen LogP contribution in [0.4, 0.5) is 4.79 Å². The number of amides is 1. The van der Waals surface area contributed by atoms with Crippen LogP contribution in [0.3, 0.4) is 0 Å². The Kier molecular flexibility index (Phi) is 7.46.